The number of hydrogen-bond acceptors (Lipinski definition) is 4. The van der Waals surface area contributed by atoms with Crippen molar-refractivity contribution in [3.05, 3.63) is 23.9 Å². The van der Waals surface area contributed by atoms with Gasteiger partial charge in [-0.25, -0.2) is 4.98 Å². The third kappa shape index (κ3) is 6.25. The maximum absolute atomic E-state index is 11.9. The molecule has 0 atom stereocenters. The standard InChI is InChI=1S/C15H22N2O4/c1-15(2,7-6-13(18)19)8-9-16-14(20)11-4-5-12(21-3)17-10-11/h4-5,10H,6-9H2,1-3H3,(H,16,20)(H,18,19). The fraction of sp³-hybridized carbons (Fsp3) is 0.533. The molecule has 21 heavy (non-hydrogen) atoms. The Labute approximate surface area is 124 Å². The van der Waals surface area contributed by atoms with Gasteiger partial charge in [-0.05, 0) is 24.3 Å². The highest BCUT2D eigenvalue weighted by Gasteiger charge is 2.19. The van der Waals surface area contributed by atoms with E-state index in [2.05, 4.69) is 10.3 Å². The maximum atomic E-state index is 11.9. The van der Waals surface area contributed by atoms with Crippen molar-refractivity contribution in [3.63, 3.8) is 0 Å². The molecule has 0 aromatic carbocycles. The summed E-state index contributed by atoms with van der Waals surface area (Å²) in [5.41, 5.74) is 0.350. The van der Waals surface area contributed by atoms with Crippen molar-refractivity contribution in [2.24, 2.45) is 5.41 Å². The Morgan fingerprint density at radius 3 is 2.57 bits per heavy atom. The molecule has 0 aliphatic rings. The summed E-state index contributed by atoms with van der Waals surface area (Å²) >= 11 is 0. The van der Waals surface area contributed by atoms with Crippen LogP contribution >= 0.6 is 0 Å². The number of carbonyl (C=O) groups excluding carboxylic acids is 1. The van der Waals surface area contributed by atoms with Crippen molar-refractivity contribution >= 4 is 11.9 Å². The lowest BCUT2D eigenvalue weighted by Gasteiger charge is -2.23. The van der Waals surface area contributed by atoms with Gasteiger partial charge in [0.05, 0.1) is 12.7 Å². The minimum Gasteiger partial charge on any atom is -0.481 e. The van der Waals surface area contributed by atoms with Gasteiger partial charge >= 0.3 is 5.97 Å². The van der Waals surface area contributed by atoms with Gasteiger partial charge in [-0.3, -0.25) is 9.59 Å². The zero-order valence-corrected chi connectivity index (χ0v) is 12.7. The van der Waals surface area contributed by atoms with E-state index in [-0.39, 0.29) is 17.7 Å². The van der Waals surface area contributed by atoms with E-state index < -0.39 is 5.97 Å². The molecule has 1 aromatic rings. The van der Waals surface area contributed by atoms with Gasteiger partial charge in [0, 0.05) is 25.2 Å². The second kappa shape index (κ2) is 7.61. The maximum Gasteiger partial charge on any atom is 0.303 e. The second-order valence-corrected chi connectivity index (χ2v) is 5.65. The Kier molecular flexibility index (Phi) is 6.14. The van der Waals surface area contributed by atoms with Crippen LogP contribution in [0, 0.1) is 5.41 Å². The van der Waals surface area contributed by atoms with E-state index in [1.165, 1.54) is 13.3 Å². The molecule has 0 saturated carbocycles. The minimum absolute atomic E-state index is 0.121. The Morgan fingerprint density at radius 1 is 1.33 bits per heavy atom. The van der Waals surface area contributed by atoms with Gasteiger partial charge in [0.2, 0.25) is 5.88 Å². The number of hydrogen-bond donors (Lipinski definition) is 2. The summed E-state index contributed by atoms with van der Waals surface area (Å²) in [7, 11) is 1.52. The monoisotopic (exact) mass is 294 g/mol. The van der Waals surface area contributed by atoms with Gasteiger partial charge in [0.1, 0.15) is 0 Å². The molecule has 116 valence electrons. The van der Waals surface area contributed by atoms with Crippen molar-refractivity contribution < 1.29 is 19.4 Å². The SMILES string of the molecule is COc1ccc(C(=O)NCCC(C)(C)CCC(=O)O)cn1. The smallest absolute Gasteiger partial charge is 0.303 e. The number of nitrogens with one attached hydrogen (secondary N) is 1. The number of pyridine rings is 1. The highest BCUT2D eigenvalue weighted by atomic mass is 16.5. The molecule has 2 N–H and O–H groups in total. The van der Waals surface area contributed by atoms with Gasteiger partial charge in [-0.1, -0.05) is 13.8 Å². The van der Waals surface area contributed by atoms with Gasteiger partial charge in [-0.15, -0.1) is 0 Å². The Bertz CT molecular complexity index is 483. The fourth-order valence-corrected chi connectivity index (χ4v) is 1.82. The van der Waals surface area contributed by atoms with Crippen LogP contribution in [0.3, 0.4) is 0 Å². The summed E-state index contributed by atoms with van der Waals surface area (Å²) in [5, 5.41) is 11.5. The zero-order chi connectivity index (χ0) is 15.9. The number of nitrogens with zero attached hydrogens (tertiary/aromatic N) is 1. The van der Waals surface area contributed by atoms with E-state index >= 15 is 0 Å². The summed E-state index contributed by atoms with van der Waals surface area (Å²) in [6, 6.07) is 3.28. The number of aliphatic carboxylic acids is 1. The predicted molar refractivity (Wildman–Crippen MR) is 78.4 cm³/mol. The van der Waals surface area contributed by atoms with Crippen LogP contribution in [0.4, 0.5) is 0 Å². The van der Waals surface area contributed by atoms with E-state index in [0.717, 1.165) is 6.42 Å². The molecule has 0 spiro atoms. The number of carboxylic acids is 1. The molecule has 6 nitrogen and oxygen atoms in total. The summed E-state index contributed by atoms with van der Waals surface area (Å²) in [5.74, 6) is -0.531. The minimum atomic E-state index is -0.795. The lowest BCUT2D eigenvalue weighted by molar-refractivity contribution is -0.137. The van der Waals surface area contributed by atoms with Crippen LogP contribution in [0.15, 0.2) is 18.3 Å². The van der Waals surface area contributed by atoms with Gasteiger partial charge in [-0.2, -0.15) is 0 Å². The number of carboxylic acid groups (broad SMARTS) is 1. The van der Waals surface area contributed by atoms with Crippen LogP contribution in [0.2, 0.25) is 0 Å². The Morgan fingerprint density at radius 2 is 2.05 bits per heavy atom. The summed E-state index contributed by atoms with van der Waals surface area (Å²) in [6.45, 7) is 4.49. The number of carbonyl (C=O) groups is 2. The third-order valence-electron chi connectivity index (χ3n) is 3.31. The highest BCUT2D eigenvalue weighted by Crippen LogP contribution is 2.26. The van der Waals surface area contributed by atoms with Crippen molar-refractivity contribution in [3.8, 4) is 5.88 Å². The summed E-state index contributed by atoms with van der Waals surface area (Å²) in [6.07, 6.45) is 2.91. The first-order chi connectivity index (χ1) is 9.84. The molecular formula is C15H22N2O4. The molecule has 0 saturated heterocycles. The molecule has 1 aromatic heterocycles. The lowest BCUT2D eigenvalue weighted by Crippen LogP contribution is -2.28. The Balaban J connectivity index is 2.40. The number of aromatic nitrogens is 1. The van der Waals surface area contributed by atoms with E-state index in [1.54, 1.807) is 12.1 Å². The summed E-state index contributed by atoms with van der Waals surface area (Å²) < 4.78 is 4.93. The largest absolute Gasteiger partial charge is 0.481 e. The fourth-order valence-electron chi connectivity index (χ4n) is 1.82. The topological polar surface area (TPSA) is 88.5 Å². The third-order valence-corrected chi connectivity index (χ3v) is 3.31. The first-order valence-corrected chi connectivity index (χ1v) is 6.84. The van der Waals surface area contributed by atoms with Crippen LogP contribution in [-0.4, -0.2) is 35.6 Å². The first kappa shape index (κ1) is 16.9. The molecule has 1 heterocycles. The molecule has 0 bridgehead atoms. The van der Waals surface area contributed by atoms with Crippen LogP contribution in [-0.2, 0) is 4.79 Å². The molecule has 0 unspecified atom stereocenters. The van der Waals surface area contributed by atoms with Crippen molar-refractivity contribution in [1.29, 1.82) is 0 Å². The number of rotatable bonds is 8. The Hall–Kier alpha value is -2.11. The van der Waals surface area contributed by atoms with Gasteiger partial charge in [0.25, 0.3) is 5.91 Å². The number of ether oxygens (including phenoxy) is 1. The summed E-state index contributed by atoms with van der Waals surface area (Å²) in [4.78, 5) is 26.5. The normalized spacial score (nSPS) is 11.0. The molecule has 0 fully saturated rings. The molecule has 0 aliphatic heterocycles. The van der Waals surface area contributed by atoms with Crippen molar-refractivity contribution in [2.45, 2.75) is 33.1 Å². The zero-order valence-electron chi connectivity index (χ0n) is 12.7. The van der Waals surface area contributed by atoms with Crippen molar-refractivity contribution in [2.75, 3.05) is 13.7 Å². The lowest BCUT2D eigenvalue weighted by atomic mass is 9.84. The van der Waals surface area contributed by atoms with Crippen molar-refractivity contribution in [1.82, 2.24) is 10.3 Å². The van der Waals surface area contributed by atoms with Gasteiger partial charge in [0.15, 0.2) is 0 Å². The molecule has 0 aliphatic carbocycles. The average Bonchev–Trinajstić information content (AvgIpc) is 2.45. The van der Waals surface area contributed by atoms with Crippen LogP contribution in [0.5, 0.6) is 5.88 Å². The van der Waals surface area contributed by atoms with Gasteiger partial charge < -0.3 is 15.2 Å². The van der Waals surface area contributed by atoms with E-state index in [4.69, 9.17) is 9.84 Å². The molecule has 0 radical (unpaired) electrons. The predicted octanol–water partition coefficient (Wildman–Crippen LogP) is 2.10. The molecule has 1 rings (SSSR count). The number of amides is 1. The number of methoxy groups -OCH3 is 1. The average molecular weight is 294 g/mol. The first-order valence-electron chi connectivity index (χ1n) is 6.84. The van der Waals surface area contributed by atoms with E-state index in [0.29, 0.717) is 24.4 Å². The van der Waals surface area contributed by atoms with E-state index in [9.17, 15) is 9.59 Å². The van der Waals surface area contributed by atoms with Crippen LogP contribution in [0.25, 0.3) is 0 Å². The quantitative estimate of drug-likeness (QED) is 0.766. The second-order valence-electron chi connectivity index (χ2n) is 5.65. The molecule has 6 heteroatoms. The van der Waals surface area contributed by atoms with Crippen LogP contribution in [0.1, 0.15) is 43.5 Å². The molecular weight excluding hydrogens is 272 g/mol. The molecule has 1 amide bonds. The van der Waals surface area contributed by atoms with E-state index in [1.807, 2.05) is 13.8 Å². The van der Waals surface area contributed by atoms with Crippen LogP contribution < -0.4 is 10.1 Å². The highest BCUT2D eigenvalue weighted by molar-refractivity contribution is 5.93.